The summed E-state index contributed by atoms with van der Waals surface area (Å²) in [5.74, 6) is 0.303. The lowest BCUT2D eigenvalue weighted by atomic mass is 10.0. The topological polar surface area (TPSA) is 90.5 Å². The first kappa shape index (κ1) is 20.5. The van der Waals surface area contributed by atoms with E-state index in [0.29, 0.717) is 22.4 Å². The van der Waals surface area contributed by atoms with Gasteiger partial charge < -0.3 is 13.8 Å². The van der Waals surface area contributed by atoms with Gasteiger partial charge in [0.05, 0.1) is 7.11 Å². The molecule has 146 valence electrons. The van der Waals surface area contributed by atoms with Gasteiger partial charge in [0.1, 0.15) is 11.4 Å². The van der Waals surface area contributed by atoms with E-state index >= 15 is 0 Å². The second-order valence-corrected chi connectivity index (χ2v) is 8.81. The molecule has 0 aliphatic carbocycles. The molecule has 9 heteroatoms. The number of benzene rings is 2. The van der Waals surface area contributed by atoms with Crippen LogP contribution >= 0.6 is 23.5 Å². The van der Waals surface area contributed by atoms with Crippen molar-refractivity contribution in [2.24, 2.45) is 0 Å². The Kier molecular flexibility index (Phi) is 6.15. The minimum Gasteiger partial charge on any atom is -0.497 e. The molecule has 0 fully saturated rings. The highest BCUT2D eigenvalue weighted by molar-refractivity contribution is 9.10. The third kappa shape index (κ3) is 3.82. The van der Waals surface area contributed by atoms with Crippen LogP contribution in [-0.4, -0.2) is 37.3 Å². The molecule has 1 heterocycles. The summed E-state index contributed by atoms with van der Waals surface area (Å²) in [6.07, 6.45) is 0. The van der Waals surface area contributed by atoms with Gasteiger partial charge in [-0.1, -0.05) is 28.1 Å². The first-order valence-electron chi connectivity index (χ1n) is 8.18. The summed E-state index contributed by atoms with van der Waals surface area (Å²) in [6.45, 7) is 0. The number of hydrogen-bond donors (Lipinski definition) is 1. The maximum Gasteiger partial charge on any atom is 0.379 e. The molecule has 1 N–H and O–H groups in total. The number of carbonyl (C=O) groups is 1. The van der Waals surface area contributed by atoms with Crippen LogP contribution in [0.25, 0.3) is 11.1 Å². The van der Waals surface area contributed by atoms with Crippen LogP contribution in [0.15, 0.2) is 53.0 Å². The van der Waals surface area contributed by atoms with Gasteiger partial charge in [-0.05, 0) is 42.0 Å². The number of ether oxygens (including phenoxy) is 1. The van der Waals surface area contributed by atoms with E-state index in [1.54, 1.807) is 43.5 Å². The average molecular weight is 465 g/mol. The van der Waals surface area contributed by atoms with Crippen LogP contribution in [0, 0.1) is 0 Å². The minimum absolute atomic E-state index is 0.122. The monoisotopic (exact) mass is 464 g/mol. The van der Waals surface area contributed by atoms with Crippen molar-refractivity contribution in [1.29, 1.82) is 0 Å². The quantitative estimate of drug-likeness (QED) is 0.416. The van der Waals surface area contributed by atoms with Gasteiger partial charge in [-0.2, -0.15) is 5.10 Å². The average Bonchev–Trinajstić information content (AvgIpc) is 3.19. The molecule has 0 bridgehead atoms. The number of ketones is 1. The Labute approximate surface area is 170 Å². The number of hydrogen-bond acceptors (Lipinski definition) is 6. The number of aromatic nitrogens is 2. The smallest absolute Gasteiger partial charge is 0.379 e. The Hall–Kier alpha value is -2.25. The van der Waals surface area contributed by atoms with Crippen molar-refractivity contribution < 1.29 is 23.1 Å². The number of rotatable bonds is 7. The normalized spacial score (nSPS) is 11.4. The van der Waals surface area contributed by atoms with E-state index in [2.05, 4.69) is 26.1 Å². The van der Waals surface area contributed by atoms with Gasteiger partial charge in [0.15, 0.2) is 5.44 Å². The second-order valence-electron chi connectivity index (χ2n) is 5.72. The molecule has 0 saturated heterocycles. The van der Waals surface area contributed by atoms with Crippen LogP contribution in [0.4, 0.5) is 0 Å². The molecule has 0 radical (unpaired) electrons. The van der Waals surface area contributed by atoms with Gasteiger partial charge in [0.25, 0.3) is 0 Å². The summed E-state index contributed by atoms with van der Waals surface area (Å²) < 4.78 is 29.2. The van der Waals surface area contributed by atoms with E-state index in [9.17, 15) is 9.36 Å². The number of carbonyl (C=O) groups excluding carboxylic acids is 1. The molecule has 0 atom stereocenters. The van der Waals surface area contributed by atoms with E-state index in [1.165, 1.54) is 14.2 Å². The van der Waals surface area contributed by atoms with Gasteiger partial charge in [-0.3, -0.25) is 14.5 Å². The lowest BCUT2D eigenvalue weighted by molar-refractivity contribution is 0.103. The van der Waals surface area contributed by atoms with Gasteiger partial charge in [-0.15, -0.1) is 0 Å². The maximum absolute atomic E-state index is 13.1. The SMILES string of the molecule is COc1ccc(C(=O)c2n[nH]c(P(=O)(OC)OC)c2-c2ccc(Br)cc2)cc1. The molecule has 3 aromatic rings. The Morgan fingerprint density at radius 1 is 1.00 bits per heavy atom. The molecule has 28 heavy (non-hydrogen) atoms. The molecule has 1 aromatic heterocycles. The summed E-state index contributed by atoms with van der Waals surface area (Å²) in [5, 5.41) is 6.83. The zero-order valence-corrected chi connectivity index (χ0v) is 17.9. The fraction of sp³-hybridized carbons (Fsp3) is 0.158. The van der Waals surface area contributed by atoms with E-state index in [-0.39, 0.29) is 16.9 Å². The summed E-state index contributed by atoms with van der Waals surface area (Å²) in [4.78, 5) is 13.1. The molecular weight excluding hydrogens is 447 g/mol. The highest BCUT2D eigenvalue weighted by Crippen LogP contribution is 2.47. The van der Waals surface area contributed by atoms with Crippen molar-refractivity contribution in [1.82, 2.24) is 10.2 Å². The third-order valence-corrected chi connectivity index (χ3v) is 6.56. The molecule has 0 saturated carbocycles. The van der Waals surface area contributed by atoms with Gasteiger partial charge >= 0.3 is 7.60 Å². The van der Waals surface area contributed by atoms with Crippen LogP contribution in [-0.2, 0) is 13.6 Å². The van der Waals surface area contributed by atoms with E-state index < -0.39 is 7.60 Å². The number of halogens is 1. The fourth-order valence-electron chi connectivity index (χ4n) is 2.72. The molecule has 7 nitrogen and oxygen atoms in total. The van der Waals surface area contributed by atoms with Gasteiger partial charge in [0.2, 0.25) is 5.78 Å². The van der Waals surface area contributed by atoms with Crippen LogP contribution in [0.3, 0.4) is 0 Å². The van der Waals surface area contributed by atoms with Crippen molar-refractivity contribution in [3.8, 4) is 16.9 Å². The Morgan fingerprint density at radius 3 is 2.14 bits per heavy atom. The Bertz CT molecular complexity index is 1020. The molecule has 2 aromatic carbocycles. The lowest BCUT2D eigenvalue weighted by Crippen LogP contribution is -2.13. The fourth-order valence-corrected chi connectivity index (χ4v) is 4.18. The van der Waals surface area contributed by atoms with Crippen molar-refractivity contribution >= 4 is 34.7 Å². The standard InChI is InChI=1S/C19H18BrN2O5P/c1-25-15-10-6-13(7-11-15)18(23)17-16(12-4-8-14(20)9-5-12)19(22-21-17)28(24,26-2)27-3/h4-11H,1-3H3,(H,21,22). The minimum atomic E-state index is -3.67. The second kappa shape index (κ2) is 8.41. The van der Waals surface area contributed by atoms with Crippen molar-refractivity contribution in [2.75, 3.05) is 21.3 Å². The molecule has 0 spiro atoms. The predicted molar refractivity (Wildman–Crippen MR) is 109 cm³/mol. The molecule has 0 aliphatic rings. The third-order valence-electron chi connectivity index (χ3n) is 4.20. The zero-order valence-electron chi connectivity index (χ0n) is 15.4. The molecular formula is C19H18BrN2O5P. The van der Waals surface area contributed by atoms with Crippen molar-refractivity contribution in [3.63, 3.8) is 0 Å². The number of nitrogens with one attached hydrogen (secondary N) is 1. The van der Waals surface area contributed by atoms with Gasteiger partial charge in [-0.25, -0.2) is 0 Å². The summed E-state index contributed by atoms with van der Waals surface area (Å²) in [6, 6.07) is 13.9. The summed E-state index contributed by atoms with van der Waals surface area (Å²) in [5.41, 5.74) is 1.69. The predicted octanol–water partition coefficient (Wildman–Crippen LogP) is 4.19. The van der Waals surface area contributed by atoms with Crippen molar-refractivity contribution in [3.05, 3.63) is 64.3 Å². The lowest BCUT2D eigenvalue weighted by Gasteiger charge is -2.14. The molecule has 0 amide bonds. The van der Waals surface area contributed by atoms with Gasteiger partial charge in [0, 0.05) is 29.8 Å². The molecule has 3 rings (SSSR count). The first-order chi connectivity index (χ1) is 13.4. The highest BCUT2D eigenvalue weighted by atomic mass is 79.9. The Morgan fingerprint density at radius 2 is 1.61 bits per heavy atom. The molecule has 0 unspecified atom stereocenters. The zero-order chi connectivity index (χ0) is 20.3. The van der Waals surface area contributed by atoms with Crippen LogP contribution in [0.2, 0.25) is 0 Å². The summed E-state index contributed by atoms with van der Waals surface area (Å²) in [7, 11) is 0.436. The van der Waals surface area contributed by atoms with Crippen LogP contribution < -0.4 is 10.2 Å². The highest BCUT2D eigenvalue weighted by Gasteiger charge is 2.34. The van der Waals surface area contributed by atoms with E-state index in [4.69, 9.17) is 13.8 Å². The number of methoxy groups -OCH3 is 1. The number of H-pyrrole nitrogens is 1. The summed E-state index contributed by atoms with van der Waals surface area (Å²) >= 11 is 3.39. The Balaban J connectivity index is 2.18. The van der Waals surface area contributed by atoms with Crippen molar-refractivity contribution in [2.45, 2.75) is 0 Å². The number of nitrogens with zero attached hydrogens (tertiary/aromatic N) is 1. The van der Waals surface area contributed by atoms with E-state index in [1.807, 2.05) is 12.1 Å². The molecule has 0 aliphatic heterocycles. The van der Waals surface area contributed by atoms with E-state index in [0.717, 1.165) is 4.47 Å². The van der Waals surface area contributed by atoms with Crippen LogP contribution in [0.5, 0.6) is 5.75 Å². The van der Waals surface area contributed by atoms with Crippen LogP contribution in [0.1, 0.15) is 16.1 Å². The largest absolute Gasteiger partial charge is 0.497 e. The first-order valence-corrected chi connectivity index (χ1v) is 10.5. The number of aromatic amines is 1. The maximum atomic E-state index is 13.1.